The van der Waals surface area contributed by atoms with Gasteiger partial charge in [-0.3, -0.25) is 4.79 Å². The normalized spacial score (nSPS) is 14.4. The predicted molar refractivity (Wildman–Crippen MR) is 106 cm³/mol. The van der Waals surface area contributed by atoms with Crippen molar-refractivity contribution in [3.05, 3.63) is 53.8 Å². The molecule has 8 nitrogen and oxygen atoms in total. The molecule has 3 aromatic rings. The van der Waals surface area contributed by atoms with E-state index in [-0.39, 0.29) is 18.1 Å². The molecule has 0 aliphatic carbocycles. The molecule has 1 fully saturated rings. The summed E-state index contributed by atoms with van der Waals surface area (Å²) in [4.78, 5) is 15.4. The van der Waals surface area contributed by atoms with Gasteiger partial charge in [-0.05, 0) is 47.7 Å². The van der Waals surface area contributed by atoms with Crippen LogP contribution < -0.4 is 10.2 Å². The first-order valence-corrected chi connectivity index (χ1v) is 9.67. The Hall–Kier alpha value is -3.54. The molecule has 1 amide bonds. The molecule has 0 radical (unpaired) electrons. The Morgan fingerprint density at radius 2 is 1.81 bits per heavy atom. The van der Waals surface area contributed by atoms with Gasteiger partial charge in [-0.15, -0.1) is 10.2 Å². The summed E-state index contributed by atoms with van der Waals surface area (Å²) in [5.74, 6) is -0.856. The topological polar surface area (TPSA) is 85.2 Å². The number of rotatable bonds is 5. The van der Waals surface area contributed by atoms with Crippen molar-refractivity contribution in [1.82, 2.24) is 20.2 Å². The molecule has 1 saturated heterocycles. The summed E-state index contributed by atoms with van der Waals surface area (Å²) in [6.45, 7) is 1.47. The van der Waals surface area contributed by atoms with Gasteiger partial charge in [0.15, 0.2) is 0 Å². The fraction of sp³-hybridized carbons (Fsp3) is 0.300. The molecule has 0 bridgehead atoms. The van der Waals surface area contributed by atoms with Crippen LogP contribution in [0.4, 0.5) is 28.9 Å². The van der Waals surface area contributed by atoms with Crippen molar-refractivity contribution >= 4 is 17.3 Å². The third kappa shape index (κ3) is 5.02. The van der Waals surface area contributed by atoms with E-state index in [1.807, 2.05) is 4.90 Å². The number of hydrogen-bond acceptors (Lipinski definition) is 6. The zero-order valence-electron chi connectivity index (χ0n) is 16.6. The number of alkyl halides is 3. The van der Waals surface area contributed by atoms with Crippen LogP contribution in [-0.4, -0.2) is 52.4 Å². The molecule has 32 heavy (non-hydrogen) atoms. The summed E-state index contributed by atoms with van der Waals surface area (Å²) in [6.07, 6.45) is -4.56. The third-order valence-electron chi connectivity index (χ3n) is 4.79. The number of carbonyl (C=O) groups is 1. The standard InChI is InChI=1S/C20H18F4N6O2/c21-15-4-1-13(2-5-15)19-26-28-30(27-19)12-18(31)25-16-11-14(20(22,23)24)3-6-17(16)29-7-9-32-10-8-29/h1-6,11H,7-10,12H2,(H,25,31). The number of nitrogens with zero attached hydrogens (tertiary/aromatic N) is 5. The van der Waals surface area contributed by atoms with E-state index in [0.29, 0.717) is 37.6 Å². The average Bonchev–Trinajstić information content (AvgIpc) is 3.22. The number of ether oxygens (including phenoxy) is 1. The minimum atomic E-state index is -4.56. The van der Waals surface area contributed by atoms with Gasteiger partial charge in [-0.1, -0.05) is 0 Å². The third-order valence-corrected chi connectivity index (χ3v) is 4.79. The molecule has 4 rings (SSSR count). The Morgan fingerprint density at radius 1 is 1.09 bits per heavy atom. The Bertz CT molecular complexity index is 1090. The minimum absolute atomic E-state index is 0.0330. The molecule has 1 aliphatic heterocycles. The first-order valence-electron chi connectivity index (χ1n) is 9.67. The van der Waals surface area contributed by atoms with Crippen LogP contribution in [0.1, 0.15) is 5.56 Å². The van der Waals surface area contributed by atoms with Gasteiger partial charge in [0.05, 0.1) is 30.2 Å². The highest BCUT2D eigenvalue weighted by atomic mass is 19.4. The summed E-state index contributed by atoms with van der Waals surface area (Å²) in [5.41, 5.74) is 0.131. The Labute approximate surface area is 179 Å². The molecule has 1 aliphatic rings. The zero-order valence-corrected chi connectivity index (χ0v) is 16.6. The number of carbonyl (C=O) groups excluding carboxylic acids is 1. The number of anilines is 2. The number of tetrazole rings is 1. The number of morpholine rings is 1. The maximum Gasteiger partial charge on any atom is 0.416 e. The summed E-state index contributed by atoms with van der Waals surface area (Å²) >= 11 is 0. The fourth-order valence-corrected chi connectivity index (χ4v) is 3.24. The largest absolute Gasteiger partial charge is 0.416 e. The number of hydrogen-bond donors (Lipinski definition) is 1. The molecule has 12 heteroatoms. The highest BCUT2D eigenvalue weighted by molar-refractivity contribution is 5.94. The van der Waals surface area contributed by atoms with E-state index in [9.17, 15) is 22.4 Å². The second-order valence-corrected chi connectivity index (χ2v) is 7.03. The smallest absolute Gasteiger partial charge is 0.378 e. The van der Waals surface area contributed by atoms with Crippen LogP contribution >= 0.6 is 0 Å². The van der Waals surface area contributed by atoms with Gasteiger partial charge in [0, 0.05) is 18.7 Å². The van der Waals surface area contributed by atoms with Gasteiger partial charge in [0.1, 0.15) is 12.4 Å². The van der Waals surface area contributed by atoms with E-state index in [1.54, 1.807) is 0 Å². The van der Waals surface area contributed by atoms with Crippen LogP contribution in [0.25, 0.3) is 11.4 Å². The number of benzene rings is 2. The van der Waals surface area contributed by atoms with Crippen molar-refractivity contribution in [2.45, 2.75) is 12.7 Å². The van der Waals surface area contributed by atoms with Crippen molar-refractivity contribution in [1.29, 1.82) is 0 Å². The lowest BCUT2D eigenvalue weighted by atomic mass is 10.1. The molecular weight excluding hydrogens is 432 g/mol. The number of aromatic nitrogens is 4. The van der Waals surface area contributed by atoms with E-state index in [2.05, 4.69) is 20.7 Å². The fourth-order valence-electron chi connectivity index (χ4n) is 3.24. The highest BCUT2D eigenvalue weighted by Crippen LogP contribution is 2.35. The highest BCUT2D eigenvalue weighted by Gasteiger charge is 2.32. The summed E-state index contributed by atoms with van der Waals surface area (Å²) in [5, 5.41) is 14.2. The van der Waals surface area contributed by atoms with Crippen molar-refractivity contribution in [3.63, 3.8) is 0 Å². The molecule has 1 N–H and O–H groups in total. The van der Waals surface area contributed by atoms with Crippen molar-refractivity contribution in [3.8, 4) is 11.4 Å². The first kappa shape index (κ1) is 21.7. The van der Waals surface area contributed by atoms with Crippen LogP contribution in [0.15, 0.2) is 42.5 Å². The second kappa shape index (κ2) is 8.91. The number of amides is 1. The SMILES string of the molecule is O=C(Cn1nnc(-c2ccc(F)cc2)n1)Nc1cc(C(F)(F)F)ccc1N1CCOCC1. The zero-order chi connectivity index (χ0) is 22.7. The molecule has 0 unspecified atom stereocenters. The monoisotopic (exact) mass is 450 g/mol. The van der Waals surface area contributed by atoms with E-state index in [0.717, 1.165) is 16.9 Å². The molecular formula is C20H18F4N6O2. The van der Waals surface area contributed by atoms with Crippen LogP contribution in [-0.2, 0) is 22.3 Å². The lowest BCUT2D eigenvalue weighted by Gasteiger charge is -2.31. The van der Waals surface area contributed by atoms with Crippen LogP contribution in [0, 0.1) is 5.82 Å². The molecule has 0 saturated carbocycles. The van der Waals surface area contributed by atoms with Gasteiger partial charge in [0.25, 0.3) is 0 Å². The Balaban J connectivity index is 1.52. The maximum atomic E-state index is 13.2. The van der Waals surface area contributed by atoms with Crippen molar-refractivity contribution < 1.29 is 27.1 Å². The Kier molecular flexibility index (Phi) is 6.04. The second-order valence-electron chi connectivity index (χ2n) is 7.03. The maximum absolute atomic E-state index is 13.2. The van der Waals surface area contributed by atoms with Gasteiger partial charge < -0.3 is 15.0 Å². The van der Waals surface area contributed by atoms with E-state index in [1.165, 1.54) is 30.3 Å². The molecule has 2 heterocycles. The van der Waals surface area contributed by atoms with Gasteiger partial charge in [-0.2, -0.15) is 18.0 Å². The van der Waals surface area contributed by atoms with E-state index in [4.69, 9.17) is 4.74 Å². The molecule has 0 atom stereocenters. The van der Waals surface area contributed by atoms with Crippen LogP contribution in [0.3, 0.4) is 0 Å². The number of halogens is 4. The quantitative estimate of drug-likeness (QED) is 0.602. The van der Waals surface area contributed by atoms with Gasteiger partial charge in [-0.25, -0.2) is 4.39 Å². The van der Waals surface area contributed by atoms with E-state index >= 15 is 0 Å². The molecule has 168 valence electrons. The van der Waals surface area contributed by atoms with Crippen LogP contribution in [0.5, 0.6) is 0 Å². The summed E-state index contributed by atoms with van der Waals surface area (Å²) in [6, 6.07) is 8.63. The average molecular weight is 450 g/mol. The van der Waals surface area contributed by atoms with Gasteiger partial charge >= 0.3 is 6.18 Å². The van der Waals surface area contributed by atoms with Crippen molar-refractivity contribution in [2.75, 3.05) is 36.5 Å². The summed E-state index contributed by atoms with van der Waals surface area (Å²) in [7, 11) is 0. The molecule has 1 aromatic heterocycles. The minimum Gasteiger partial charge on any atom is -0.378 e. The first-order chi connectivity index (χ1) is 15.3. The van der Waals surface area contributed by atoms with Crippen molar-refractivity contribution in [2.24, 2.45) is 0 Å². The molecule has 2 aromatic carbocycles. The van der Waals surface area contributed by atoms with Gasteiger partial charge in [0.2, 0.25) is 11.7 Å². The predicted octanol–water partition coefficient (Wildman–Crippen LogP) is 2.97. The lowest BCUT2D eigenvalue weighted by molar-refractivity contribution is -0.137. The summed E-state index contributed by atoms with van der Waals surface area (Å²) < 4.78 is 58.0. The lowest BCUT2D eigenvalue weighted by Crippen LogP contribution is -2.37. The van der Waals surface area contributed by atoms with Crippen LogP contribution in [0.2, 0.25) is 0 Å². The number of nitrogens with one attached hydrogen (secondary N) is 1. The molecule has 0 spiro atoms. The Morgan fingerprint density at radius 3 is 2.50 bits per heavy atom. The van der Waals surface area contributed by atoms with E-state index < -0.39 is 23.5 Å².